The molecule has 1 N–H and O–H groups in total. The van der Waals surface area contributed by atoms with Gasteiger partial charge in [0.2, 0.25) is 5.91 Å². The van der Waals surface area contributed by atoms with E-state index in [2.05, 4.69) is 0 Å². The van der Waals surface area contributed by atoms with E-state index in [0.717, 1.165) is 19.8 Å². The average molecular weight is 564 g/mol. The highest BCUT2D eigenvalue weighted by Gasteiger charge is 2.47. The highest BCUT2D eigenvalue weighted by atomic mass is 35.5. The van der Waals surface area contributed by atoms with Crippen LogP contribution in [0.4, 0.5) is 24.5 Å². The van der Waals surface area contributed by atoms with Gasteiger partial charge in [0, 0.05) is 10.7 Å². The van der Waals surface area contributed by atoms with Crippen LogP contribution in [0.2, 0.25) is 10.0 Å². The lowest BCUT2D eigenvalue weighted by atomic mass is 9.85. The van der Waals surface area contributed by atoms with Crippen LogP contribution in [0.25, 0.3) is 0 Å². The molecular formula is C29H26Cl2F3NO3. The summed E-state index contributed by atoms with van der Waals surface area (Å²) in [6.45, 7) is 0.981. The van der Waals surface area contributed by atoms with Crippen LogP contribution in [-0.4, -0.2) is 23.2 Å². The van der Waals surface area contributed by atoms with Gasteiger partial charge in [0.25, 0.3) is 0 Å². The Bertz CT molecular complexity index is 1290. The molecule has 0 spiro atoms. The normalized spacial score (nSPS) is 15.9. The molecule has 0 saturated heterocycles. The molecular weight excluding hydrogens is 538 g/mol. The van der Waals surface area contributed by atoms with Crippen LogP contribution in [0, 0.1) is 11.8 Å². The molecule has 4 rings (SSSR count). The van der Waals surface area contributed by atoms with E-state index in [0.29, 0.717) is 16.3 Å². The molecule has 1 amide bonds. The Morgan fingerprint density at radius 2 is 1.58 bits per heavy atom. The van der Waals surface area contributed by atoms with Crippen molar-refractivity contribution in [3.63, 3.8) is 0 Å². The lowest BCUT2D eigenvalue weighted by molar-refractivity contribution is -0.178. The Balaban J connectivity index is 1.87. The summed E-state index contributed by atoms with van der Waals surface area (Å²) in [7, 11) is 0. The average Bonchev–Trinajstić information content (AvgIpc) is 3.71. The molecule has 0 aliphatic heterocycles. The molecule has 3 atom stereocenters. The molecule has 0 aromatic heterocycles. The number of carboxylic acid groups (broad SMARTS) is 1. The Kier molecular flexibility index (Phi) is 8.38. The van der Waals surface area contributed by atoms with Crippen LogP contribution in [0.1, 0.15) is 49.1 Å². The number of benzene rings is 3. The SMILES string of the molecule is C[C@H]([C@H](C(=O)N(c1ccccc1)c1cc([C@@H](CC(=O)O)C2CC2)ccc1Cl)c1ccc(Cl)cc1)C(F)(F)F. The van der Waals surface area contributed by atoms with Crippen molar-refractivity contribution in [3.8, 4) is 0 Å². The molecule has 200 valence electrons. The van der Waals surface area contributed by atoms with E-state index in [9.17, 15) is 27.9 Å². The van der Waals surface area contributed by atoms with E-state index in [1.165, 1.54) is 29.2 Å². The van der Waals surface area contributed by atoms with Gasteiger partial charge >= 0.3 is 12.1 Å². The molecule has 1 fully saturated rings. The number of carboxylic acids is 1. The summed E-state index contributed by atoms with van der Waals surface area (Å²) in [6, 6.07) is 19.0. The zero-order chi connectivity index (χ0) is 27.6. The van der Waals surface area contributed by atoms with Crippen molar-refractivity contribution in [2.75, 3.05) is 4.90 Å². The maximum atomic E-state index is 14.2. The number of hydrogen-bond acceptors (Lipinski definition) is 2. The van der Waals surface area contributed by atoms with Gasteiger partial charge in [0.15, 0.2) is 0 Å². The number of aliphatic carboxylic acids is 1. The van der Waals surface area contributed by atoms with Crippen molar-refractivity contribution in [2.45, 2.75) is 44.2 Å². The highest BCUT2D eigenvalue weighted by Crippen LogP contribution is 2.47. The van der Waals surface area contributed by atoms with Crippen molar-refractivity contribution in [1.82, 2.24) is 0 Å². The smallest absolute Gasteiger partial charge is 0.392 e. The summed E-state index contributed by atoms with van der Waals surface area (Å²) >= 11 is 12.6. The Morgan fingerprint density at radius 3 is 2.13 bits per heavy atom. The topological polar surface area (TPSA) is 57.6 Å². The molecule has 0 bridgehead atoms. The van der Waals surface area contributed by atoms with Gasteiger partial charge in [-0.1, -0.05) is 66.5 Å². The molecule has 1 aliphatic carbocycles. The summed E-state index contributed by atoms with van der Waals surface area (Å²) in [6.07, 6.45) is -2.98. The summed E-state index contributed by atoms with van der Waals surface area (Å²) in [5, 5.41) is 9.96. The maximum Gasteiger partial charge on any atom is 0.392 e. The Labute approximate surface area is 229 Å². The number of amides is 1. The third kappa shape index (κ3) is 6.33. The zero-order valence-electron chi connectivity index (χ0n) is 20.5. The number of anilines is 2. The second kappa shape index (κ2) is 11.4. The van der Waals surface area contributed by atoms with Gasteiger partial charge in [-0.15, -0.1) is 0 Å². The number of nitrogens with zero attached hydrogens (tertiary/aromatic N) is 1. The maximum absolute atomic E-state index is 14.2. The van der Waals surface area contributed by atoms with E-state index < -0.39 is 29.9 Å². The van der Waals surface area contributed by atoms with Gasteiger partial charge in [-0.25, -0.2) is 0 Å². The van der Waals surface area contributed by atoms with Gasteiger partial charge in [-0.3, -0.25) is 14.5 Å². The summed E-state index contributed by atoms with van der Waals surface area (Å²) in [4.78, 5) is 27.0. The van der Waals surface area contributed by atoms with Crippen LogP contribution in [-0.2, 0) is 9.59 Å². The lowest BCUT2D eigenvalue weighted by Crippen LogP contribution is -2.39. The minimum absolute atomic E-state index is 0.0937. The molecule has 3 aromatic rings. The summed E-state index contributed by atoms with van der Waals surface area (Å²) < 4.78 is 42.2. The molecule has 4 nitrogen and oxygen atoms in total. The second-order valence-electron chi connectivity index (χ2n) is 9.62. The molecule has 1 aliphatic rings. The van der Waals surface area contributed by atoms with Crippen LogP contribution < -0.4 is 4.90 Å². The van der Waals surface area contributed by atoms with Crippen LogP contribution in [0.3, 0.4) is 0 Å². The molecule has 38 heavy (non-hydrogen) atoms. The minimum atomic E-state index is -4.66. The molecule has 0 radical (unpaired) electrons. The van der Waals surface area contributed by atoms with Crippen molar-refractivity contribution < 1.29 is 27.9 Å². The molecule has 1 saturated carbocycles. The predicted molar refractivity (Wildman–Crippen MR) is 142 cm³/mol. The Morgan fingerprint density at radius 1 is 0.974 bits per heavy atom. The number of carbonyl (C=O) groups is 2. The van der Waals surface area contributed by atoms with Gasteiger partial charge < -0.3 is 5.11 Å². The summed E-state index contributed by atoms with van der Waals surface area (Å²) in [5.74, 6) is -5.48. The Hall–Kier alpha value is -3.03. The number of hydrogen-bond donors (Lipinski definition) is 1. The quantitative estimate of drug-likeness (QED) is 0.283. The van der Waals surface area contributed by atoms with E-state index in [-0.39, 0.29) is 34.5 Å². The van der Waals surface area contributed by atoms with Crippen LogP contribution >= 0.6 is 23.2 Å². The monoisotopic (exact) mass is 563 g/mol. The third-order valence-corrected chi connectivity index (χ3v) is 7.54. The van der Waals surface area contributed by atoms with E-state index in [1.807, 2.05) is 0 Å². The number of alkyl halides is 3. The molecule has 9 heteroatoms. The van der Waals surface area contributed by atoms with Crippen molar-refractivity contribution in [3.05, 3.63) is 94.0 Å². The van der Waals surface area contributed by atoms with Gasteiger partial charge in [-0.05, 0) is 72.2 Å². The fourth-order valence-electron chi connectivity index (χ4n) is 4.78. The fraction of sp³-hybridized carbons (Fsp3) is 0.310. The van der Waals surface area contributed by atoms with E-state index in [4.69, 9.17) is 23.2 Å². The lowest BCUT2D eigenvalue weighted by Gasteiger charge is -2.33. The van der Waals surface area contributed by atoms with Gasteiger partial charge in [0.1, 0.15) is 0 Å². The molecule has 0 unspecified atom stereocenters. The number of carbonyl (C=O) groups excluding carboxylic acids is 1. The van der Waals surface area contributed by atoms with Crippen molar-refractivity contribution in [1.29, 1.82) is 0 Å². The van der Waals surface area contributed by atoms with Crippen LogP contribution in [0.15, 0.2) is 72.8 Å². The molecule has 0 heterocycles. The first-order valence-electron chi connectivity index (χ1n) is 12.2. The second-order valence-corrected chi connectivity index (χ2v) is 10.5. The predicted octanol–water partition coefficient (Wildman–Crippen LogP) is 8.61. The third-order valence-electron chi connectivity index (χ3n) is 6.97. The first kappa shape index (κ1) is 28.0. The van der Waals surface area contributed by atoms with E-state index in [1.54, 1.807) is 48.5 Å². The summed E-state index contributed by atoms with van der Waals surface area (Å²) in [5.41, 5.74) is 1.38. The van der Waals surface area contributed by atoms with Crippen molar-refractivity contribution in [2.24, 2.45) is 11.8 Å². The standard InChI is InChI=1S/C29H26Cl2F3NO3/c1-17(29(32,33)34)27(19-9-12-21(30)13-10-19)28(38)35(22-5-3-2-4-6-22)25-15-20(11-14-24(25)31)23(16-26(36)37)18-7-8-18/h2-6,9-15,17-18,23,27H,7-8,16H2,1H3,(H,36,37)/t17-,23+,27+/m1/s1. The number of halogens is 5. The first-order valence-corrected chi connectivity index (χ1v) is 13.0. The fourth-order valence-corrected chi connectivity index (χ4v) is 5.11. The van der Waals surface area contributed by atoms with Crippen LogP contribution in [0.5, 0.6) is 0 Å². The first-order chi connectivity index (χ1) is 18.0. The van der Waals surface area contributed by atoms with Crippen molar-refractivity contribution >= 4 is 46.5 Å². The number of rotatable bonds is 9. The highest BCUT2D eigenvalue weighted by molar-refractivity contribution is 6.34. The van der Waals surface area contributed by atoms with Gasteiger partial charge in [-0.2, -0.15) is 13.2 Å². The largest absolute Gasteiger partial charge is 0.481 e. The van der Waals surface area contributed by atoms with Gasteiger partial charge in [0.05, 0.1) is 29.0 Å². The zero-order valence-corrected chi connectivity index (χ0v) is 22.0. The number of para-hydroxylation sites is 1. The van der Waals surface area contributed by atoms with E-state index >= 15 is 0 Å². The minimum Gasteiger partial charge on any atom is -0.481 e. The molecule has 3 aromatic carbocycles.